The quantitative estimate of drug-likeness (QED) is 0.624. The van der Waals surface area contributed by atoms with E-state index in [-0.39, 0.29) is 12.4 Å². The highest BCUT2D eigenvalue weighted by Crippen LogP contribution is 2.21. The Labute approximate surface area is 163 Å². The summed E-state index contributed by atoms with van der Waals surface area (Å²) in [7, 11) is 1.96. The third kappa shape index (κ3) is 5.53. The Hall–Kier alpha value is -1.91. The molecule has 3 N–H and O–H groups in total. The Balaban J connectivity index is 1.97. The lowest BCUT2D eigenvalue weighted by Gasteiger charge is -2.25. The first-order valence-electron chi connectivity index (χ1n) is 9.93. The van der Waals surface area contributed by atoms with Gasteiger partial charge in [0.05, 0.1) is 12.3 Å². The number of carbonyl (C=O) groups excluding carboxylic acids is 1. The number of hydrogen-bond donors (Lipinski definition) is 2. The van der Waals surface area contributed by atoms with Crippen LogP contribution >= 0.6 is 0 Å². The summed E-state index contributed by atoms with van der Waals surface area (Å²) in [6.45, 7) is 6.11. The van der Waals surface area contributed by atoms with Crippen LogP contribution in [0.5, 0.6) is 0 Å². The fraction of sp³-hybridized carbons (Fsp3) is 0.522. The number of carbonyl (C=O) groups is 1. The van der Waals surface area contributed by atoms with Crippen molar-refractivity contribution in [3.05, 3.63) is 58.4 Å². The molecular weight excluding hydrogens is 336 g/mol. The van der Waals surface area contributed by atoms with Gasteiger partial charge in [-0.25, -0.2) is 0 Å². The maximum Gasteiger partial charge on any atom is 0.179 e. The predicted molar refractivity (Wildman–Crippen MR) is 111 cm³/mol. The number of benzene rings is 1. The molecule has 0 aliphatic heterocycles. The Morgan fingerprint density at radius 3 is 2.44 bits per heavy atom. The van der Waals surface area contributed by atoms with Gasteiger partial charge < -0.3 is 15.4 Å². The van der Waals surface area contributed by atoms with Gasteiger partial charge in [-0.2, -0.15) is 0 Å². The summed E-state index contributed by atoms with van der Waals surface area (Å²) in [5.41, 5.74) is 11.2. The molecule has 0 aliphatic carbocycles. The topological polar surface area (TPSA) is 68.2 Å². The minimum atomic E-state index is -0.547. The second-order valence-electron chi connectivity index (χ2n) is 7.85. The molecule has 1 unspecified atom stereocenters. The van der Waals surface area contributed by atoms with Crippen molar-refractivity contribution in [2.24, 2.45) is 12.8 Å². The van der Waals surface area contributed by atoms with Crippen molar-refractivity contribution in [3.63, 3.8) is 0 Å². The molecule has 148 valence electrons. The van der Waals surface area contributed by atoms with Crippen LogP contribution in [0.3, 0.4) is 0 Å². The molecule has 2 aromatic rings. The van der Waals surface area contributed by atoms with Gasteiger partial charge in [-0.1, -0.05) is 36.8 Å². The van der Waals surface area contributed by atoms with Crippen LogP contribution in [0.1, 0.15) is 65.5 Å². The summed E-state index contributed by atoms with van der Waals surface area (Å²) in [5, 5.41) is 9.52. The third-order valence-corrected chi connectivity index (χ3v) is 5.73. The summed E-state index contributed by atoms with van der Waals surface area (Å²) in [5.74, 6) is 0.190. The van der Waals surface area contributed by atoms with Crippen molar-refractivity contribution in [1.29, 1.82) is 0 Å². The Bertz CT molecular complexity index is 755. The molecular formula is C23H34N2O2. The maximum absolute atomic E-state index is 12.7. The van der Waals surface area contributed by atoms with E-state index in [9.17, 15) is 9.90 Å². The molecule has 0 spiro atoms. The average Bonchev–Trinajstić information content (AvgIpc) is 2.95. The van der Waals surface area contributed by atoms with E-state index in [2.05, 4.69) is 31.2 Å². The zero-order valence-corrected chi connectivity index (χ0v) is 17.2. The highest BCUT2D eigenvalue weighted by molar-refractivity contribution is 5.95. The molecule has 0 aliphatic rings. The minimum Gasteiger partial charge on any atom is -0.394 e. The van der Waals surface area contributed by atoms with E-state index in [0.717, 1.165) is 42.6 Å². The van der Waals surface area contributed by atoms with Crippen LogP contribution in [0.4, 0.5) is 0 Å². The summed E-state index contributed by atoms with van der Waals surface area (Å²) in [6, 6.07) is 10.5. The molecule has 0 fully saturated rings. The summed E-state index contributed by atoms with van der Waals surface area (Å²) in [4.78, 5) is 12.7. The van der Waals surface area contributed by atoms with Crippen LogP contribution in [-0.2, 0) is 19.9 Å². The monoisotopic (exact) mass is 370 g/mol. The third-order valence-electron chi connectivity index (χ3n) is 5.73. The van der Waals surface area contributed by atoms with Crippen LogP contribution in [-0.4, -0.2) is 27.6 Å². The molecule has 0 radical (unpaired) electrons. The van der Waals surface area contributed by atoms with Gasteiger partial charge in [-0.3, -0.25) is 4.79 Å². The number of ketones is 1. The molecule has 1 heterocycles. The second-order valence-corrected chi connectivity index (χ2v) is 7.85. The number of aliphatic hydroxyl groups excluding tert-OH is 1. The fourth-order valence-electron chi connectivity index (χ4n) is 3.50. The maximum atomic E-state index is 12.7. The van der Waals surface area contributed by atoms with Crippen molar-refractivity contribution < 1.29 is 9.90 Å². The summed E-state index contributed by atoms with van der Waals surface area (Å²) >= 11 is 0. The van der Waals surface area contributed by atoms with Gasteiger partial charge in [0, 0.05) is 24.7 Å². The lowest BCUT2D eigenvalue weighted by molar-refractivity contribution is 0.0972. The molecule has 2 rings (SSSR count). The minimum absolute atomic E-state index is 0.0161. The van der Waals surface area contributed by atoms with E-state index in [4.69, 9.17) is 5.73 Å². The molecule has 1 aromatic heterocycles. The Kier molecular flexibility index (Phi) is 7.40. The van der Waals surface area contributed by atoms with E-state index in [0.29, 0.717) is 12.8 Å². The van der Waals surface area contributed by atoms with Gasteiger partial charge in [0.2, 0.25) is 0 Å². The molecule has 0 saturated carbocycles. The van der Waals surface area contributed by atoms with E-state index < -0.39 is 5.54 Å². The number of nitrogens with zero attached hydrogens (tertiary/aromatic N) is 1. The zero-order chi connectivity index (χ0) is 20.0. The predicted octanol–water partition coefficient (Wildman–Crippen LogP) is 3.88. The fourth-order valence-corrected chi connectivity index (χ4v) is 3.50. The van der Waals surface area contributed by atoms with E-state index >= 15 is 0 Å². The second kappa shape index (κ2) is 9.34. The highest BCUT2D eigenvalue weighted by Gasteiger charge is 2.23. The van der Waals surface area contributed by atoms with Crippen LogP contribution in [0.25, 0.3) is 0 Å². The van der Waals surface area contributed by atoms with Gasteiger partial charge in [-0.15, -0.1) is 0 Å². The normalized spacial score (nSPS) is 13.6. The molecule has 1 aromatic carbocycles. The smallest absolute Gasteiger partial charge is 0.179 e. The molecule has 0 bridgehead atoms. The molecule has 0 saturated heterocycles. The largest absolute Gasteiger partial charge is 0.394 e. The SMILES string of the molecule is CCC(N)(CO)CCc1c(C)cc(C(=O)CCCc2ccc(C)cc2)n1C. The van der Waals surface area contributed by atoms with E-state index in [1.165, 1.54) is 11.1 Å². The lowest BCUT2D eigenvalue weighted by atomic mass is 9.91. The van der Waals surface area contributed by atoms with Gasteiger partial charge in [0.15, 0.2) is 5.78 Å². The van der Waals surface area contributed by atoms with Crippen LogP contribution in [0.15, 0.2) is 30.3 Å². The molecule has 27 heavy (non-hydrogen) atoms. The van der Waals surface area contributed by atoms with Crippen molar-refractivity contribution in [3.8, 4) is 0 Å². The van der Waals surface area contributed by atoms with E-state index in [1.807, 2.05) is 31.5 Å². The molecule has 4 nitrogen and oxygen atoms in total. The number of hydrogen-bond acceptors (Lipinski definition) is 3. The molecule has 1 atom stereocenters. The first-order valence-corrected chi connectivity index (χ1v) is 9.93. The van der Waals surface area contributed by atoms with Crippen molar-refractivity contribution >= 4 is 5.78 Å². The van der Waals surface area contributed by atoms with Crippen LogP contribution in [0, 0.1) is 13.8 Å². The van der Waals surface area contributed by atoms with Crippen LogP contribution < -0.4 is 5.73 Å². The first kappa shape index (κ1) is 21.4. The number of aryl methyl sites for hydroxylation is 3. The average molecular weight is 371 g/mol. The molecule has 0 amide bonds. The van der Waals surface area contributed by atoms with Gasteiger partial charge >= 0.3 is 0 Å². The van der Waals surface area contributed by atoms with Crippen LogP contribution in [0.2, 0.25) is 0 Å². The van der Waals surface area contributed by atoms with Crippen molar-refractivity contribution in [1.82, 2.24) is 4.57 Å². The number of aromatic nitrogens is 1. The Morgan fingerprint density at radius 2 is 1.85 bits per heavy atom. The zero-order valence-electron chi connectivity index (χ0n) is 17.2. The number of aliphatic hydroxyl groups is 1. The van der Waals surface area contributed by atoms with Gasteiger partial charge in [0.25, 0.3) is 0 Å². The first-order chi connectivity index (χ1) is 12.8. The number of Topliss-reactive ketones (excluding diaryl/α,β-unsaturated/α-hetero) is 1. The van der Waals surface area contributed by atoms with Gasteiger partial charge in [-0.05, 0) is 63.1 Å². The summed E-state index contributed by atoms with van der Waals surface area (Å²) < 4.78 is 2.01. The number of rotatable bonds is 10. The lowest BCUT2D eigenvalue weighted by Crippen LogP contribution is -2.43. The van der Waals surface area contributed by atoms with E-state index in [1.54, 1.807) is 0 Å². The Morgan fingerprint density at radius 1 is 1.19 bits per heavy atom. The summed E-state index contributed by atoms with van der Waals surface area (Å²) in [6.07, 6.45) is 4.54. The van der Waals surface area contributed by atoms with Crippen molar-refractivity contribution in [2.75, 3.05) is 6.61 Å². The standard InChI is InChI=1S/C23H34N2O2/c1-5-23(24,16-26)14-13-20-18(3)15-21(25(20)4)22(27)8-6-7-19-11-9-17(2)10-12-19/h9-12,15,26H,5-8,13-14,16,24H2,1-4H3. The van der Waals surface area contributed by atoms with Gasteiger partial charge in [0.1, 0.15) is 0 Å². The highest BCUT2D eigenvalue weighted by atomic mass is 16.3. The number of nitrogens with two attached hydrogens (primary N) is 1. The molecule has 4 heteroatoms. The van der Waals surface area contributed by atoms with Crippen molar-refractivity contribution in [2.45, 2.75) is 64.8 Å².